The predicted octanol–water partition coefficient (Wildman–Crippen LogP) is 2.79. The van der Waals surface area contributed by atoms with E-state index in [-0.39, 0.29) is 0 Å². The van der Waals surface area contributed by atoms with Crippen molar-refractivity contribution in [2.75, 3.05) is 11.9 Å². The molecule has 0 bridgehead atoms. The van der Waals surface area contributed by atoms with Crippen molar-refractivity contribution in [2.45, 2.75) is 52.6 Å². The molecule has 1 rings (SSSR count). The minimum absolute atomic E-state index is 0.585. The minimum Gasteiger partial charge on any atom is -0.348 e. The lowest BCUT2D eigenvalue weighted by Crippen LogP contribution is -2.30. The minimum atomic E-state index is 0.585. The highest BCUT2D eigenvalue weighted by atomic mass is 32.1. The molecule has 0 spiro atoms. The Morgan fingerprint density at radius 2 is 1.94 bits per heavy atom. The summed E-state index contributed by atoms with van der Waals surface area (Å²) in [6.07, 6.45) is 3.29. The van der Waals surface area contributed by atoms with Gasteiger partial charge in [-0.05, 0) is 19.3 Å². The third-order valence-corrected chi connectivity index (χ3v) is 4.29. The van der Waals surface area contributed by atoms with E-state index < -0.39 is 0 Å². The number of aromatic nitrogens is 1. The van der Waals surface area contributed by atoms with Gasteiger partial charge in [0, 0.05) is 24.5 Å². The molecule has 0 unspecified atom stereocenters. The molecule has 4 heteroatoms. The van der Waals surface area contributed by atoms with E-state index in [2.05, 4.69) is 37.7 Å². The van der Waals surface area contributed by atoms with Gasteiger partial charge in [-0.15, -0.1) is 11.3 Å². The Kier molecular flexibility index (Phi) is 5.22. The van der Waals surface area contributed by atoms with Crippen LogP contribution in [0.2, 0.25) is 0 Å². The van der Waals surface area contributed by atoms with Gasteiger partial charge in [0.1, 0.15) is 0 Å². The van der Waals surface area contributed by atoms with Crippen LogP contribution in [0, 0.1) is 0 Å². The van der Waals surface area contributed by atoms with E-state index in [0.717, 1.165) is 24.4 Å². The third-order valence-electron chi connectivity index (χ3n) is 3.08. The number of rotatable bonds is 6. The molecule has 16 heavy (non-hydrogen) atoms. The highest BCUT2D eigenvalue weighted by Gasteiger charge is 2.16. The maximum absolute atomic E-state index is 5.73. The van der Waals surface area contributed by atoms with Crippen LogP contribution in [0.25, 0.3) is 0 Å². The average molecular weight is 241 g/mol. The van der Waals surface area contributed by atoms with Gasteiger partial charge in [-0.1, -0.05) is 20.8 Å². The summed E-state index contributed by atoms with van der Waals surface area (Å²) in [5, 5.41) is 1.12. The van der Waals surface area contributed by atoms with Gasteiger partial charge in [-0.25, -0.2) is 4.98 Å². The Hall–Kier alpha value is -0.610. The maximum Gasteiger partial charge on any atom is 0.185 e. The highest BCUT2D eigenvalue weighted by molar-refractivity contribution is 7.15. The van der Waals surface area contributed by atoms with E-state index in [0.29, 0.717) is 12.6 Å². The molecular weight excluding hydrogens is 218 g/mol. The van der Waals surface area contributed by atoms with Gasteiger partial charge in [-0.2, -0.15) is 0 Å². The molecule has 0 saturated heterocycles. The summed E-state index contributed by atoms with van der Waals surface area (Å²) in [5.41, 5.74) is 6.90. The smallest absolute Gasteiger partial charge is 0.185 e. The van der Waals surface area contributed by atoms with Crippen molar-refractivity contribution in [3.8, 4) is 0 Å². The second kappa shape index (κ2) is 6.21. The van der Waals surface area contributed by atoms with Crippen LogP contribution >= 0.6 is 11.3 Å². The van der Waals surface area contributed by atoms with E-state index in [1.807, 2.05) is 0 Å². The van der Waals surface area contributed by atoms with Crippen LogP contribution in [-0.4, -0.2) is 18.1 Å². The quantitative estimate of drug-likeness (QED) is 0.832. The Balaban J connectivity index is 2.90. The highest BCUT2D eigenvalue weighted by Crippen LogP contribution is 2.28. The largest absolute Gasteiger partial charge is 0.348 e. The molecule has 0 amide bonds. The molecule has 92 valence electrons. The molecule has 0 aliphatic carbocycles. The fourth-order valence-electron chi connectivity index (χ4n) is 1.95. The summed E-state index contributed by atoms with van der Waals surface area (Å²) in [4.78, 5) is 8.21. The molecule has 0 saturated carbocycles. The zero-order valence-electron chi connectivity index (χ0n) is 10.8. The van der Waals surface area contributed by atoms with Gasteiger partial charge < -0.3 is 10.6 Å². The first-order chi connectivity index (χ1) is 7.67. The zero-order valence-corrected chi connectivity index (χ0v) is 11.6. The second-order valence-corrected chi connectivity index (χ2v) is 5.07. The van der Waals surface area contributed by atoms with E-state index in [1.54, 1.807) is 11.3 Å². The van der Waals surface area contributed by atoms with Crippen molar-refractivity contribution in [3.63, 3.8) is 0 Å². The molecule has 1 heterocycles. The normalized spacial score (nSPS) is 11.1. The number of hydrogen-bond donors (Lipinski definition) is 1. The van der Waals surface area contributed by atoms with Crippen LogP contribution in [0.3, 0.4) is 0 Å². The molecule has 1 aromatic heterocycles. The SMILES string of the molecule is CCc1nc(N(C)C(CC)CC)sc1CN. The molecule has 0 aliphatic rings. The topological polar surface area (TPSA) is 42.2 Å². The number of anilines is 1. The summed E-state index contributed by atoms with van der Waals surface area (Å²) in [5.74, 6) is 0. The first kappa shape index (κ1) is 13.5. The molecule has 0 aliphatic heterocycles. The summed E-state index contributed by atoms with van der Waals surface area (Å²) in [6, 6.07) is 0.585. The summed E-state index contributed by atoms with van der Waals surface area (Å²) in [7, 11) is 2.14. The Bertz CT molecular complexity index is 297. The van der Waals surface area contributed by atoms with Gasteiger partial charge in [-0.3, -0.25) is 0 Å². The fourth-order valence-corrected chi connectivity index (χ4v) is 3.01. The lowest BCUT2D eigenvalue weighted by molar-refractivity contribution is 0.590. The van der Waals surface area contributed by atoms with E-state index in [1.165, 1.54) is 10.6 Å². The standard InChI is InChI=1S/C12H23N3S/c1-5-9(6-2)15(4)12-14-10(7-3)11(8-13)16-12/h9H,5-8,13H2,1-4H3. The van der Waals surface area contributed by atoms with Crippen LogP contribution in [0.4, 0.5) is 5.13 Å². The lowest BCUT2D eigenvalue weighted by atomic mass is 10.1. The second-order valence-electron chi connectivity index (χ2n) is 4.01. The third kappa shape index (κ3) is 2.74. The Morgan fingerprint density at radius 1 is 1.31 bits per heavy atom. The zero-order chi connectivity index (χ0) is 12.1. The van der Waals surface area contributed by atoms with Gasteiger partial charge in [0.15, 0.2) is 5.13 Å². The van der Waals surface area contributed by atoms with Crippen molar-refractivity contribution >= 4 is 16.5 Å². The lowest BCUT2D eigenvalue weighted by Gasteiger charge is -2.25. The van der Waals surface area contributed by atoms with Crippen molar-refractivity contribution in [2.24, 2.45) is 5.73 Å². The molecule has 0 aromatic carbocycles. The molecule has 0 atom stereocenters. The van der Waals surface area contributed by atoms with Crippen LogP contribution < -0.4 is 10.6 Å². The van der Waals surface area contributed by atoms with Crippen molar-refractivity contribution in [1.29, 1.82) is 0 Å². The van der Waals surface area contributed by atoms with Crippen molar-refractivity contribution in [1.82, 2.24) is 4.98 Å². The number of aryl methyl sites for hydroxylation is 1. The maximum atomic E-state index is 5.73. The van der Waals surface area contributed by atoms with Gasteiger partial charge >= 0.3 is 0 Å². The van der Waals surface area contributed by atoms with Crippen molar-refractivity contribution < 1.29 is 0 Å². The summed E-state index contributed by atoms with van der Waals surface area (Å²) in [6.45, 7) is 7.19. The molecule has 1 aromatic rings. The van der Waals surface area contributed by atoms with E-state index in [9.17, 15) is 0 Å². The molecule has 0 fully saturated rings. The summed E-state index contributed by atoms with van der Waals surface area (Å²) < 4.78 is 0. The van der Waals surface area contributed by atoms with Gasteiger partial charge in [0.05, 0.1) is 5.69 Å². The molecule has 2 N–H and O–H groups in total. The fraction of sp³-hybridized carbons (Fsp3) is 0.750. The monoisotopic (exact) mass is 241 g/mol. The van der Waals surface area contributed by atoms with Crippen LogP contribution in [0.5, 0.6) is 0 Å². The number of nitrogens with two attached hydrogens (primary N) is 1. The molecule has 3 nitrogen and oxygen atoms in total. The predicted molar refractivity (Wildman–Crippen MR) is 72.2 cm³/mol. The van der Waals surface area contributed by atoms with Gasteiger partial charge in [0.2, 0.25) is 0 Å². The van der Waals surface area contributed by atoms with E-state index in [4.69, 9.17) is 5.73 Å². The van der Waals surface area contributed by atoms with Crippen LogP contribution in [0.15, 0.2) is 0 Å². The first-order valence-corrected chi connectivity index (χ1v) is 6.90. The first-order valence-electron chi connectivity index (χ1n) is 6.09. The number of thiazole rings is 1. The average Bonchev–Trinajstić information content (AvgIpc) is 2.73. The number of hydrogen-bond acceptors (Lipinski definition) is 4. The number of nitrogens with zero attached hydrogens (tertiary/aromatic N) is 2. The molecule has 0 radical (unpaired) electrons. The van der Waals surface area contributed by atoms with Crippen molar-refractivity contribution in [3.05, 3.63) is 10.6 Å². The van der Waals surface area contributed by atoms with Crippen LogP contribution in [0.1, 0.15) is 44.2 Å². The Morgan fingerprint density at radius 3 is 2.31 bits per heavy atom. The van der Waals surface area contributed by atoms with Gasteiger partial charge in [0.25, 0.3) is 0 Å². The Labute approximate surface area is 103 Å². The summed E-state index contributed by atoms with van der Waals surface area (Å²) >= 11 is 1.74. The molecular formula is C12H23N3S. The van der Waals surface area contributed by atoms with E-state index >= 15 is 0 Å². The van der Waals surface area contributed by atoms with Crippen LogP contribution in [-0.2, 0) is 13.0 Å².